The zero-order valence-electron chi connectivity index (χ0n) is 14.1. The SMILES string of the molecule is C=CCn1c(S[C@@H](C)C(=O)OCC)nnc1-c1ccc(OC)cc1. The fourth-order valence-corrected chi connectivity index (χ4v) is 2.95. The van der Waals surface area contributed by atoms with E-state index < -0.39 is 0 Å². The summed E-state index contributed by atoms with van der Waals surface area (Å²) in [5.74, 6) is 1.23. The molecule has 1 atom stereocenters. The van der Waals surface area contributed by atoms with Crippen molar-refractivity contribution in [1.29, 1.82) is 0 Å². The molecule has 0 fully saturated rings. The van der Waals surface area contributed by atoms with E-state index in [9.17, 15) is 4.79 Å². The number of carbonyl (C=O) groups excluding carboxylic acids is 1. The Morgan fingerprint density at radius 1 is 1.38 bits per heavy atom. The zero-order chi connectivity index (χ0) is 17.5. The van der Waals surface area contributed by atoms with Crippen LogP contribution in [0.25, 0.3) is 11.4 Å². The molecule has 24 heavy (non-hydrogen) atoms. The van der Waals surface area contributed by atoms with Crippen LogP contribution in [0.5, 0.6) is 5.75 Å². The summed E-state index contributed by atoms with van der Waals surface area (Å²) in [6.45, 7) is 8.28. The van der Waals surface area contributed by atoms with E-state index in [0.29, 0.717) is 18.3 Å². The molecule has 0 bridgehead atoms. The summed E-state index contributed by atoms with van der Waals surface area (Å²) in [6.07, 6.45) is 1.77. The van der Waals surface area contributed by atoms with Gasteiger partial charge in [-0.1, -0.05) is 17.8 Å². The Morgan fingerprint density at radius 2 is 2.08 bits per heavy atom. The van der Waals surface area contributed by atoms with E-state index in [0.717, 1.165) is 17.1 Å². The van der Waals surface area contributed by atoms with E-state index in [1.54, 1.807) is 27.0 Å². The molecule has 0 N–H and O–H groups in total. The molecule has 0 unspecified atom stereocenters. The lowest BCUT2D eigenvalue weighted by molar-refractivity contribution is -0.142. The lowest BCUT2D eigenvalue weighted by Crippen LogP contribution is -2.17. The van der Waals surface area contributed by atoms with Gasteiger partial charge in [0.15, 0.2) is 11.0 Å². The third-order valence-electron chi connectivity index (χ3n) is 3.28. The van der Waals surface area contributed by atoms with Gasteiger partial charge in [-0.2, -0.15) is 0 Å². The molecule has 0 radical (unpaired) electrons. The molecule has 0 aliphatic carbocycles. The Labute approximate surface area is 145 Å². The minimum absolute atomic E-state index is 0.262. The van der Waals surface area contributed by atoms with Crippen molar-refractivity contribution >= 4 is 17.7 Å². The number of ether oxygens (including phenoxy) is 2. The van der Waals surface area contributed by atoms with Crippen LogP contribution in [0.15, 0.2) is 42.1 Å². The lowest BCUT2D eigenvalue weighted by atomic mass is 10.2. The van der Waals surface area contributed by atoms with Gasteiger partial charge in [-0.05, 0) is 38.1 Å². The summed E-state index contributed by atoms with van der Waals surface area (Å²) in [5, 5.41) is 8.79. The van der Waals surface area contributed by atoms with Crippen LogP contribution in [-0.4, -0.2) is 39.7 Å². The molecule has 1 aromatic heterocycles. The van der Waals surface area contributed by atoms with Crippen LogP contribution < -0.4 is 4.74 Å². The van der Waals surface area contributed by atoms with Gasteiger partial charge in [0.25, 0.3) is 0 Å². The third-order valence-corrected chi connectivity index (χ3v) is 4.34. The average Bonchev–Trinajstić information content (AvgIpc) is 2.98. The van der Waals surface area contributed by atoms with Gasteiger partial charge in [0.1, 0.15) is 11.0 Å². The first-order chi connectivity index (χ1) is 11.6. The highest BCUT2D eigenvalue weighted by molar-refractivity contribution is 8.00. The minimum atomic E-state index is -0.360. The predicted octanol–water partition coefficient (Wildman–Crippen LogP) is 3.18. The fourth-order valence-electron chi connectivity index (χ4n) is 2.09. The monoisotopic (exact) mass is 347 g/mol. The van der Waals surface area contributed by atoms with Crippen molar-refractivity contribution in [2.75, 3.05) is 13.7 Å². The summed E-state index contributed by atoms with van der Waals surface area (Å²) in [5.41, 5.74) is 0.917. The van der Waals surface area contributed by atoms with Crippen molar-refractivity contribution < 1.29 is 14.3 Å². The van der Waals surface area contributed by atoms with Gasteiger partial charge >= 0.3 is 5.97 Å². The Hall–Kier alpha value is -2.28. The second-order valence-electron chi connectivity index (χ2n) is 4.95. The molecule has 2 rings (SSSR count). The smallest absolute Gasteiger partial charge is 0.319 e. The number of esters is 1. The number of nitrogens with zero attached hydrogens (tertiary/aromatic N) is 3. The molecule has 0 saturated heterocycles. The van der Waals surface area contributed by atoms with E-state index in [1.165, 1.54) is 11.8 Å². The highest BCUT2D eigenvalue weighted by Gasteiger charge is 2.21. The molecular weight excluding hydrogens is 326 g/mol. The van der Waals surface area contributed by atoms with Gasteiger partial charge in [0.2, 0.25) is 0 Å². The van der Waals surface area contributed by atoms with Crippen LogP contribution >= 0.6 is 11.8 Å². The van der Waals surface area contributed by atoms with Gasteiger partial charge < -0.3 is 9.47 Å². The molecule has 6 nitrogen and oxygen atoms in total. The van der Waals surface area contributed by atoms with Gasteiger partial charge in [-0.15, -0.1) is 16.8 Å². The summed E-state index contributed by atoms with van der Waals surface area (Å²) in [6, 6.07) is 7.59. The van der Waals surface area contributed by atoms with Crippen LogP contribution in [0.3, 0.4) is 0 Å². The molecule has 0 spiro atoms. The van der Waals surface area contributed by atoms with Crippen molar-refractivity contribution in [3.63, 3.8) is 0 Å². The molecule has 1 heterocycles. The first-order valence-electron chi connectivity index (χ1n) is 7.62. The number of methoxy groups -OCH3 is 1. The maximum absolute atomic E-state index is 11.8. The molecule has 0 saturated carbocycles. The molecule has 1 aromatic carbocycles. The highest BCUT2D eigenvalue weighted by Crippen LogP contribution is 2.28. The molecule has 0 aliphatic rings. The number of hydrogen-bond acceptors (Lipinski definition) is 6. The maximum Gasteiger partial charge on any atom is 0.319 e. The van der Waals surface area contributed by atoms with Crippen molar-refractivity contribution in [1.82, 2.24) is 14.8 Å². The largest absolute Gasteiger partial charge is 0.497 e. The Morgan fingerprint density at radius 3 is 2.67 bits per heavy atom. The lowest BCUT2D eigenvalue weighted by Gasteiger charge is -2.11. The molecule has 7 heteroatoms. The topological polar surface area (TPSA) is 66.2 Å². The highest BCUT2D eigenvalue weighted by atomic mass is 32.2. The van der Waals surface area contributed by atoms with Crippen LogP contribution in [0.4, 0.5) is 0 Å². The summed E-state index contributed by atoms with van der Waals surface area (Å²) in [4.78, 5) is 11.8. The van der Waals surface area contributed by atoms with E-state index in [2.05, 4.69) is 16.8 Å². The number of hydrogen-bond donors (Lipinski definition) is 0. The second kappa shape index (κ2) is 8.54. The minimum Gasteiger partial charge on any atom is -0.497 e. The van der Waals surface area contributed by atoms with E-state index in [-0.39, 0.29) is 11.2 Å². The average molecular weight is 347 g/mol. The molecule has 0 amide bonds. The maximum atomic E-state index is 11.8. The van der Waals surface area contributed by atoms with Gasteiger partial charge in [0, 0.05) is 12.1 Å². The number of allylic oxidation sites excluding steroid dienone is 1. The Bertz CT molecular complexity index is 698. The molecular formula is C17H21N3O3S. The molecule has 0 aliphatic heterocycles. The van der Waals surface area contributed by atoms with Crippen molar-refractivity contribution in [2.24, 2.45) is 0 Å². The normalized spacial score (nSPS) is 11.8. The quantitative estimate of drug-likeness (QED) is 0.415. The number of benzene rings is 1. The molecule has 128 valence electrons. The van der Waals surface area contributed by atoms with Crippen LogP contribution in [0.1, 0.15) is 13.8 Å². The van der Waals surface area contributed by atoms with Gasteiger partial charge in [-0.3, -0.25) is 9.36 Å². The number of rotatable bonds is 8. The second-order valence-corrected chi connectivity index (χ2v) is 6.25. The number of thioether (sulfide) groups is 1. The van der Waals surface area contributed by atoms with Crippen molar-refractivity contribution in [3.8, 4) is 17.1 Å². The van der Waals surface area contributed by atoms with Crippen LogP contribution in [0, 0.1) is 0 Å². The van der Waals surface area contributed by atoms with Gasteiger partial charge in [-0.25, -0.2) is 0 Å². The van der Waals surface area contributed by atoms with Crippen LogP contribution in [-0.2, 0) is 16.1 Å². The van der Waals surface area contributed by atoms with Crippen molar-refractivity contribution in [3.05, 3.63) is 36.9 Å². The van der Waals surface area contributed by atoms with E-state index in [1.807, 2.05) is 28.8 Å². The Balaban J connectivity index is 2.28. The predicted molar refractivity (Wildman–Crippen MR) is 94.2 cm³/mol. The molecule has 2 aromatic rings. The fraction of sp³-hybridized carbons (Fsp3) is 0.353. The standard InChI is InChI=1S/C17H21N3O3S/c1-5-11-20-15(13-7-9-14(22-4)10-8-13)18-19-17(20)24-12(3)16(21)23-6-2/h5,7-10,12H,1,6,11H2,2-4H3/t12-/m0/s1. The summed E-state index contributed by atoms with van der Waals surface area (Å²) < 4.78 is 12.1. The van der Waals surface area contributed by atoms with Crippen molar-refractivity contribution in [2.45, 2.75) is 30.8 Å². The van der Waals surface area contributed by atoms with E-state index >= 15 is 0 Å². The number of carbonyl (C=O) groups is 1. The van der Waals surface area contributed by atoms with E-state index in [4.69, 9.17) is 9.47 Å². The summed E-state index contributed by atoms with van der Waals surface area (Å²) >= 11 is 1.32. The third kappa shape index (κ3) is 4.17. The first-order valence-corrected chi connectivity index (χ1v) is 8.50. The Kier molecular flexibility index (Phi) is 6.43. The zero-order valence-corrected chi connectivity index (χ0v) is 14.9. The first kappa shape index (κ1) is 18.1. The van der Waals surface area contributed by atoms with Crippen LogP contribution in [0.2, 0.25) is 0 Å². The number of aromatic nitrogens is 3. The summed E-state index contributed by atoms with van der Waals surface area (Å²) in [7, 11) is 1.63. The van der Waals surface area contributed by atoms with Gasteiger partial charge in [0.05, 0.1) is 13.7 Å².